The lowest BCUT2D eigenvalue weighted by Gasteiger charge is -2.25. The Morgan fingerprint density at radius 3 is 1.48 bits per heavy atom. The quantitative estimate of drug-likeness (QED) is 0.0244. The molecule has 0 aliphatic heterocycles. The van der Waals surface area contributed by atoms with E-state index < -0.39 is 20.0 Å². The van der Waals surface area contributed by atoms with Crippen LogP contribution >= 0.6 is 7.82 Å². The lowest BCUT2D eigenvalue weighted by atomic mass is 10.0. The molecular formula is C49H94N2O6P+. The molecule has 0 saturated carbocycles. The lowest BCUT2D eigenvalue weighted by Crippen LogP contribution is -2.45. The molecule has 0 saturated heterocycles. The number of likely N-dealkylation sites (N-methyl/N-ethyl adjacent to an activating group) is 1. The van der Waals surface area contributed by atoms with Crippen LogP contribution in [0.3, 0.4) is 0 Å². The van der Waals surface area contributed by atoms with Crippen molar-refractivity contribution in [2.75, 3.05) is 40.9 Å². The van der Waals surface area contributed by atoms with Gasteiger partial charge in [-0.2, -0.15) is 0 Å². The van der Waals surface area contributed by atoms with Crippen molar-refractivity contribution in [1.82, 2.24) is 5.32 Å². The molecule has 3 unspecified atom stereocenters. The van der Waals surface area contributed by atoms with E-state index in [1.54, 1.807) is 6.08 Å². The second-order valence-corrected chi connectivity index (χ2v) is 18.9. The zero-order valence-corrected chi connectivity index (χ0v) is 39.4. The van der Waals surface area contributed by atoms with E-state index in [-0.39, 0.29) is 19.1 Å². The molecule has 0 aromatic heterocycles. The van der Waals surface area contributed by atoms with Crippen LogP contribution in [0.4, 0.5) is 0 Å². The van der Waals surface area contributed by atoms with Crippen molar-refractivity contribution in [3.63, 3.8) is 0 Å². The summed E-state index contributed by atoms with van der Waals surface area (Å²) in [6, 6.07) is -0.868. The smallest absolute Gasteiger partial charge is 0.387 e. The number of phosphoric ester groups is 1. The van der Waals surface area contributed by atoms with Crippen LogP contribution in [0, 0.1) is 0 Å². The Morgan fingerprint density at radius 1 is 0.603 bits per heavy atom. The first-order valence-electron chi connectivity index (χ1n) is 24.0. The highest BCUT2D eigenvalue weighted by Crippen LogP contribution is 2.43. The largest absolute Gasteiger partial charge is 0.472 e. The molecule has 0 aromatic rings. The van der Waals surface area contributed by atoms with Crippen molar-refractivity contribution in [3.05, 3.63) is 48.6 Å². The summed E-state index contributed by atoms with van der Waals surface area (Å²) in [6.07, 6.45) is 52.4. The summed E-state index contributed by atoms with van der Waals surface area (Å²) in [4.78, 5) is 23.1. The van der Waals surface area contributed by atoms with E-state index in [9.17, 15) is 19.4 Å². The second-order valence-electron chi connectivity index (χ2n) is 17.5. The molecule has 9 heteroatoms. The fourth-order valence-electron chi connectivity index (χ4n) is 6.78. The number of nitrogens with zero attached hydrogens (tertiary/aromatic N) is 1. The van der Waals surface area contributed by atoms with Crippen molar-refractivity contribution in [3.8, 4) is 0 Å². The summed E-state index contributed by atoms with van der Waals surface area (Å²) in [5.74, 6) is -0.195. The lowest BCUT2D eigenvalue weighted by molar-refractivity contribution is -0.870. The summed E-state index contributed by atoms with van der Waals surface area (Å²) in [5.41, 5.74) is 0. The molecular weight excluding hydrogens is 744 g/mol. The first kappa shape index (κ1) is 56.5. The standard InChI is InChI=1S/C49H93N2O6P/c1-6-8-10-12-14-16-17-18-19-20-21-22-23-24-25-26-27-28-29-30-31-32-33-35-37-39-41-43-49(53)50-47(46-57-58(54,55)56-45-44-51(3,4)5)48(52)42-40-38-36-34-15-13-11-9-7-2/h7,9,15,24-25,34,40,42,47-48,52H,6,8,10-14,16-23,26-33,35-39,41,43-46H2,1-5H3,(H-,50,53,54,55)/p+1/b9-7+,25-24-,34-15+,42-40+. The Labute approximate surface area is 359 Å². The highest BCUT2D eigenvalue weighted by Gasteiger charge is 2.27. The van der Waals surface area contributed by atoms with Gasteiger partial charge in [0.25, 0.3) is 0 Å². The van der Waals surface area contributed by atoms with Gasteiger partial charge in [0.2, 0.25) is 5.91 Å². The van der Waals surface area contributed by atoms with E-state index in [1.807, 2.05) is 40.2 Å². The number of hydrogen-bond donors (Lipinski definition) is 3. The minimum Gasteiger partial charge on any atom is -0.387 e. The van der Waals surface area contributed by atoms with Gasteiger partial charge in [0.1, 0.15) is 13.2 Å². The SMILES string of the molecule is C/C=C/CC/C=C/CC/C=C/C(O)C(COP(=O)(O)OCC[N+](C)(C)C)NC(=O)CCCCCCCCCCCCC/C=C\CCCCCCCCCCCCCC. The maximum atomic E-state index is 12.8. The minimum atomic E-state index is -4.34. The number of aliphatic hydroxyl groups excluding tert-OH is 1. The zero-order valence-electron chi connectivity index (χ0n) is 38.5. The van der Waals surface area contributed by atoms with E-state index in [1.165, 1.54) is 141 Å². The van der Waals surface area contributed by atoms with Gasteiger partial charge < -0.3 is 19.8 Å². The van der Waals surface area contributed by atoms with Gasteiger partial charge in [0, 0.05) is 6.42 Å². The van der Waals surface area contributed by atoms with Crippen LogP contribution in [0.15, 0.2) is 48.6 Å². The summed E-state index contributed by atoms with van der Waals surface area (Å²) in [7, 11) is 1.54. The Morgan fingerprint density at radius 2 is 1.02 bits per heavy atom. The normalized spacial score (nSPS) is 14.7. The molecule has 0 aliphatic rings. The van der Waals surface area contributed by atoms with Crippen LogP contribution in [0.25, 0.3) is 0 Å². The van der Waals surface area contributed by atoms with E-state index in [4.69, 9.17) is 9.05 Å². The first-order valence-corrected chi connectivity index (χ1v) is 25.5. The molecule has 3 N–H and O–H groups in total. The molecule has 0 spiro atoms. The van der Waals surface area contributed by atoms with Crippen molar-refractivity contribution >= 4 is 13.7 Å². The van der Waals surface area contributed by atoms with Gasteiger partial charge in [-0.1, -0.05) is 184 Å². The van der Waals surface area contributed by atoms with Gasteiger partial charge in [-0.3, -0.25) is 13.8 Å². The van der Waals surface area contributed by atoms with Gasteiger partial charge in [0.15, 0.2) is 0 Å². The molecule has 3 atom stereocenters. The monoisotopic (exact) mass is 838 g/mol. The summed E-state index contributed by atoms with van der Waals surface area (Å²) in [5, 5.41) is 13.7. The maximum absolute atomic E-state index is 12.8. The van der Waals surface area contributed by atoms with Crippen LogP contribution in [0.2, 0.25) is 0 Å². The van der Waals surface area contributed by atoms with Crippen LogP contribution in [0.1, 0.15) is 206 Å². The molecule has 1 amide bonds. The number of carbonyl (C=O) groups is 1. The van der Waals surface area contributed by atoms with Gasteiger partial charge in [-0.25, -0.2) is 4.57 Å². The molecule has 0 fully saturated rings. The van der Waals surface area contributed by atoms with Crippen molar-refractivity contribution in [2.45, 2.75) is 219 Å². The topological polar surface area (TPSA) is 105 Å². The number of amides is 1. The molecule has 0 bridgehead atoms. The zero-order chi connectivity index (χ0) is 42.8. The van der Waals surface area contributed by atoms with E-state index in [0.717, 1.165) is 44.9 Å². The van der Waals surface area contributed by atoms with Gasteiger partial charge in [0.05, 0.1) is 39.9 Å². The fraction of sp³-hybridized carbons (Fsp3) is 0.816. The van der Waals surface area contributed by atoms with Crippen molar-refractivity contribution < 1.29 is 32.9 Å². The van der Waals surface area contributed by atoms with E-state index in [2.05, 4.69) is 42.6 Å². The van der Waals surface area contributed by atoms with Crippen LogP contribution < -0.4 is 5.32 Å². The number of carbonyl (C=O) groups excluding carboxylic acids is 1. The average molecular weight is 838 g/mol. The minimum absolute atomic E-state index is 0.0522. The van der Waals surface area contributed by atoms with Crippen LogP contribution in [-0.2, 0) is 18.4 Å². The Balaban J connectivity index is 4.10. The average Bonchev–Trinajstić information content (AvgIpc) is 3.17. The molecule has 0 aromatic carbocycles. The number of hydrogen-bond acceptors (Lipinski definition) is 5. The van der Waals surface area contributed by atoms with Crippen LogP contribution in [-0.4, -0.2) is 73.4 Å². The number of nitrogens with one attached hydrogen (secondary N) is 1. The van der Waals surface area contributed by atoms with Gasteiger partial charge in [-0.05, 0) is 64.7 Å². The van der Waals surface area contributed by atoms with E-state index >= 15 is 0 Å². The third kappa shape index (κ3) is 42.6. The maximum Gasteiger partial charge on any atom is 0.472 e. The highest BCUT2D eigenvalue weighted by molar-refractivity contribution is 7.47. The molecule has 0 aliphatic carbocycles. The first-order chi connectivity index (χ1) is 28.0. The summed E-state index contributed by atoms with van der Waals surface area (Å²) in [6.45, 7) is 4.55. The van der Waals surface area contributed by atoms with Crippen molar-refractivity contribution in [1.29, 1.82) is 0 Å². The number of allylic oxidation sites excluding steroid dienone is 7. The van der Waals surface area contributed by atoms with Gasteiger partial charge in [-0.15, -0.1) is 0 Å². The number of aliphatic hydroxyl groups is 1. The van der Waals surface area contributed by atoms with Gasteiger partial charge >= 0.3 is 7.82 Å². The highest BCUT2D eigenvalue weighted by atomic mass is 31.2. The van der Waals surface area contributed by atoms with Crippen LogP contribution in [0.5, 0.6) is 0 Å². The number of unbranched alkanes of at least 4 members (excludes halogenated alkanes) is 25. The molecule has 340 valence electrons. The Bertz CT molecular complexity index is 1090. The summed E-state index contributed by atoms with van der Waals surface area (Å²) < 4.78 is 23.5. The predicted molar refractivity (Wildman–Crippen MR) is 249 cm³/mol. The number of phosphoric acid groups is 1. The predicted octanol–water partition coefficient (Wildman–Crippen LogP) is 13.6. The molecule has 0 radical (unpaired) electrons. The molecule has 0 heterocycles. The Hall–Kier alpha value is -1.54. The molecule has 0 rings (SSSR count). The fourth-order valence-corrected chi connectivity index (χ4v) is 7.52. The number of rotatable bonds is 43. The third-order valence-corrected chi connectivity index (χ3v) is 11.6. The van der Waals surface area contributed by atoms with E-state index in [0.29, 0.717) is 17.4 Å². The second kappa shape index (κ2) is 40.8. The molecule has 8 nitrogen and oxygen atoms in total. The Kier molecular flexibility index (Phi) is 39.8. The van der Waals surface area contributed by atoms with Crippen molar-refractivity contribution in [2.24, 2.45) is 0 Å². The molecule has 58 heavy (non-hydrogen) atoms. The summed E-state index contributed by atoms with van der Waals surface area (Å²) >= 11 is 0. The number of quaternary nitrogens is 1. The third-order valence-electron chi connectivity index (χ3n) is 10.6.